The Bertz CT molecular complexity index is 1040. The molecule has 1 unspecified atom stereocenters. The maximum atomic E-state index is 12.7. The highest BCUT2D eigenvalue weighted by Gasteiger charge is 2.19. The summed E-state index contributed by atoms with van der Waals surface area (Å²) in [4.78, 5) is 32.5. The van der Waals surface area contributed by atoms with Crippen molar-refractivity contribution in [1.82, 2.24) is 9.97 Å². The average molecular weight is 374 g/mol. The highest BCUT2D eigenvalue weighted by molar-refractivity contribution is 8.00. The number of aliphatic carboxylic acids is 1. The van der Waals surface area contributed by atoms with Crippen LogP contribution in [0.4, 0.5) is 0 Å². The molecule has 0 spiro atoms. The first-order valence-corrected chi connectivity index (χ1v) is 9.48. The molecule has 0 saturated carbocycles. The molecule has 0 saturated heterocycles. The minimum absolute atomic E-state index is 0.234. The standard InChI is InChI=1S/C18H18N2O3S2/c1-8-5-6-12(7-9(8)2)13-10(3)24-16-14(13)15(21)19-18(20-16)25-11(4)17(22)23/h5-7,11H,1-4H3,(H,22,23)(H,19,20,21). The second kappa shape index (κ2) is 6.65. The lowest BCUT2D eigenvalue weighted by Crippen LogP contribution is -2.14. The van der Waals surface area contributed by atoms with Crippen molar-refractivity contribution in [3.63, 3.8) is 0 Å². The Morgan fingerprint density at radius 2 is 2.00 bits per heavy atom. The molecule has 1 atom stereocenters. The number of nitrogens with one attached hydrogen (secondary N) is 1. The predicted octanol–water partition coefficient (Wildman–Crippen LogP) is 4.14. The average Bonchev–Trinajstić information content (AvgIpc) is 2.86. The number of aromatic amines is 1. The molecule has 3 rings (SSSR count). The van der Waals surface area contributed by atoms with E-state index in [-0.39, 0.29) is 5.56 Å². The summed E-state index contributed by atoms with van der Waals surface area (Å²) in [7, 11) is 0. The molecule has 0 bridgehead atoms. The number of hydrogen-bond donors (Lipinski definition) is 2. The molecule has 5 nitrogen and oxygen atoms in total. The van der Waals surface area contributed by atoms with Gasteiger partial charge in [-0.2, -0.15) is 0 Å². The Morgan fingerprint density at radius 3 is 2.64 bits per heavy atom. The third-order valence-electron chi connectivity index (χ3n) is 4.15. The van der Waals surface area contributed by atoms with Crippen LogP contribution in [0.15, 0.2) is 28.2 Å². The quantitative estimate of drug-likeness (QED) is 0.530. The maximum Gasteiger partial charge on any atom is 0.316 e. The highest BCUT2D eigenvalue weighted by Crippen LogP contribution is 2.36. The summed E-state index contributed by atoms with van der Waals surface area (Å²) in [6.45, 7) is 7.65. The molecule has 1 aromatic carbocycles. The van der Waals surface area contributed by atoms with Crippen LogP contribution in [-0.4, -0.2) is 26.3 Å². The number of H-pyrrole nitrogens is 1. The normalized spacial score (nSPS) is 12.5. The zero-order chi connectivity index (χ0) is 18.3. The third-order valence-corrected chi connectivity index (χ3v) is 6.12. The van der Waals surface area contributed by atoms with Crippen LogP contribution in [0.5, 0.6) is 0 Å². The number of thioether (sulfide) groups is 1. The largest absolute Gasteiger partial charge is 0.480 e. The molecule has 2 aromatic heterocycles. The summed E-state index contributed by atoms with van der Waals surface area (Å²) in [5.41, 5.74) is 4.04. The fourth-order valence-corrected chi connectivity index (χ4v) is 4.45. The van der Waals surface area contributed by atoms with E-state index in [1.807, 2.05) is 26.0 Å². The molecule has 3 aromatic rings. The third kappa shape index (κ3) is 3.34. The number of nitrogens with zero attached hydrogens (tertiary/aromatic N) is 1. The zero-order valence-electron chi connectivity index (χ0n) is 14.3. The first-order valence-electron chi connectivity index (χ1n) is 7.78. The van der Waals surface area contributed by atoms with Crippen LogP contribution in [0.25, 0.3) is 21.3 Å². The minimum atomic E-state index is -0.939. The molecular formula is C18H18N2O3S2. The van der Waals surface area contributed by atoms with Gasteiger partial charge in [0.1, 0.15) is 10.1 Å². The number of carboxylic acid groups (broad SMARTS) is 1. The molecule has 0 fully saturated rings. The van der Waals surface area contributed by atoms with E-state index in [1.54, 1.807) is 6.92 Å². The zero-order valence-corrected chi connectivity index (χ0v) is 16.0. The van der Waals surface area contributed by atoms with Gasteiger partial charge in [-0.15, -0.1) is 11.3 Å². The topological polar surface area (TPSA) is 83.0 Å². The lowest BCUT2D eigenvalue weighted by molar-refractivity contribution is -0.136. The van der Waals surface area contributed by atoms with Crippen LogP contribution in [0, 0.1) is 20.8 Å². The van der Waals surface area contributed by atoms with Gasteiger partial charge in [0.15, 0.2) is 5.16 Å². The second-order valence-corrected chi connectivity index (χ2v) is 8.51. The van der Waals surface area contributed by atoms with E-state index < -0.39 is 11.2 Å². The number of aryl methyl sites for hydroxylation is 3. The number of carbonyl (C=O) groups is 1. The Labute approximate surface area is 153 Å². The Morgan fingerprint density at radius 1 is 1.28 bits per heavy atom. The van der Waals surface area contributed by atoms with Gasteiger partial charge in [0.2, 0.25) is 0 Å². The van der Waals surface area contributed by atoms with Crippen LogP contribution in [0.3, 0.4) is 0 Å². The number of benzene rings is 1. The van der Waals surface area contributed by atoms with E-state index in [0.717, 1.165) is 27.8 Å². The fraction of sp³-hybridized carbons (Fsp3) is 0.278. The van der Waals surface area contributed by atoms with E-state index in [9.17, 15) is 9.59 Å². The highest BCUT2D eigenvalue weighted by atomic mass is 32.2. The summed E-state index contributed by atoms with van der Waals surface area (Å²) in [5, 5.41) is 9.25. The lowest BCUT2D eigenvalue weighted by Gasteiger charge is -2.07. The van der Waals surface area contributed by atoms with Crippen LogP contribution < -0.4 is 5.56 Å². The number of thiophene rings is 1. The van der Waals surface area contributed by atoms with Gasteiger partial charge in [0.05, 0.1) is 5.39 Å². The van der Waals surface area contributed by atoms with Gasteiger partial charge in [-0.1, -0.05) is 30.0 Å². The van der Waals surface area contributed by atoms with Crippen LogP contribution >= 0.6 is 23.1 Å². The van der Waals surface area contributed by atoms with E-state index in [2.05, 4.69) is 23.0 Å². The Hall–Kier alpha value is -2.12. The number of carboxylic acids is 1. The van der Waals surface area contributed by atoms with Gasteiger partial charge < -0.3 is 10.1 Å². The number of hydrogen-bond acceptors (Lipinski definition) is 5. The molecule has 130 valence electrons. The summed E-state index contributed by atoms with van der Waals surface area (Å²) in [6.07, 6.45) is 0. The molecule has 25 heavy (non-hydrogen) atoms. The van der Waals surface area contributed by atoms with Crippen molar-refractivity contribution in [1.29, 1.82) is 0 Å². The van der Waals surface area contributed by atoms with Gasteiger partial charge in [-0.3, -0.25) is 9.59 Å². The van der Waals surface area contributed by atoms with Crippen molar-refractivity contribution >= 4 is 39.3 Å². The predicted molar refractivity (Wildman–Crippen MR) is 103 cm³/mol. The van der Waals surface area contributed by atoms with Crippen molar-refractivity contribution < 1.29 is 9.90 Å². The summed E-state index contributed by atoms with van der Waals surface area (Å²) < 4.78 is 0. The Balaban J connectivity index is 2.16. The first kappa shape index (κ1) is 17.7. The fourth-order valence-electron chi connectivity index (χ4n) is 2.62. The summed E-state index contributed by atoms with van der Waals surface area (Å²) in [6, 6.07) is 6.15. The van der Waals surface area contributed by atoms with E-state index in [0.29, 0.717) is 15.4 Å². The van der Waals surface area contributed by atoms with Crippen molar-refractivity contribution in [2.24, 2.45) is 0 Å². The number of aromatic nitrogens is 2. The molecule has 0 aliphatic heterocycles. The molecule has 0 amide bonds. The molecule has 7 heteroatoms. The molecule has 0 radical (unpaired) electrons. The van der Waals surface area contributed by atoms with E-state index in [4.69, 9.17) is 5.11 Å². The van der Waals surface area contributed by atoms with Gasteiger partial charge in [0.25, 0.3) is 5.56 Å². The van der Waals surface area contributed by atoms with Gasteiger partial charge in [-0.05, 0) is 44.4 Å². The van der Waals surface area contributed by atoms with Crippen molar-refractivity contribution in [2.45, 2.75) is 38.1 Å². The van der Waals surface area contributed by atoms with Crippen molar-refractivity contribution in [2.75, 3.05) is 0 Å². The van der Waals surface area contributed by atoms with Gasteiger partial charge in [-0.25, -0.2) is 4.98 Å². The smallest absolute Gasteiger partial charge is 0.316 e. The second-order valence-electron chi connectivity index (χ2n) is 5.98. The van der Waals surface area contributed by atoms with Crippen molar-refractivity contribution in [3.05, 3.63) is 44.6 Å². The minimum Gasteiger partial charge on any atom is -0.480 e. The Kier molecular flexibility index (Phi) is 4.71. The van der Waals surface area contributed by atoms with E-state index >= 15 is 0 Å². The maximum absolute atomic E-state index is 12.7. The monoisotopic (exact) mass is 374 g/mol. The molecular weight excluding hydrogens is 356 g/mol. The molecule has 0 aliphatic carbocycles. The van der Waals surface area contributed by atoms with Crippen LogP contribution in [0.2, 0.25) is 0 Å². The summed E-state index contributed by atoms with van der Waals surface area (Å²) in [5.74, 6) is -0.939. The van der Waals surface area contributed by atoms with Gasteiger partial charge in [0, 0.05) is 10.4 Å². The molecule has 2 N–H and O–H groups in total. The number of fused-ring (bicyclic) bond motifs is 1. The van der Waals surface area contributed by atoms with Crippen molar-refractivity contribution in [3.8, 4) is 11.1 Å². The van der Waals surface area contributed by atoms with Crippen LogP contribution in [-0.2, 0) is 4.79 Å². The lowest BCUT2D eigenvalue weighted by atomic mass is 9.99. The summed E-state index contributed by atoms with van der Waals surface area (Å²) >= 11 is 2.49. The van der Waals surface area contributed by atoms with Crippen LogP contribution in [0.1, 0.15) is 22.9 Å². The molecule has 2 heterocycles. The van der Waals surface area contributed by atoms with Gasteiger partial charge >= 0.3 is 5.97 Å². The first-order chi connectivity index (χ1) is 11.8. The van der Waals surface area contributed by atoms with E-state index in [1.165, 1.54) is 22.5 Å². The number of rotatable bonds is 4. The molecule has 0 aliphatic rings. The SMILES string of the molecule is Cc1ccc(-c2c(C)sc3nc(SC(C)C(=O)O)[nH]c(=O)c23)cc1C.